The molecule has 0 fully saturated rings. The van der Waals surface area contributed by atoms with Gasteiger partial charge in [0.15, 0.2) is 4.77 Å². The largest absolute Gasteiger partial charge is 0.352 e. The smallest absolute Gasteiger partial charge is 0.262 e. The Morgan fingerprint density at radius 1 is 1.07 bits per heavy atom. The number of aromatic nitrogens is 2. The molecular formula is C23H28N4O2S. The van der Waals surface area contributed by atoms with Gasteiger partial charge >= 0.3 is 0 Å². The second-order valence-corrected chi connectivity index (χ2v) is 7.58. The van der Waals surface area contributed by atoms with E-state index in [9.17, 15) is 9.59 Å². The number of amides is 1. The SMILES string of the molecule is CCN(CC)Cc1ccccc1CNC(=O)CCn1c(=S)[nH]c2ccccc2c1=O. The van der Waals surface area contributed by atoms with Crippen LogP contribution in [0, 0.1) is 4.77 Å². The Hall–Kier alpha value is -2.77. The third-order valence-electron chi connectivity index (χ3n) is 5.33. The molecule has 0 saturated heterocycles. The van der Waals surface area contributed by atoms with Gasteiger partial charge in [-0.15, -0.1) is 0 Å². The van der Waals surface area contributed by atoms with Crippen LogP contribution < -0.4 is 10.9 Å². The summed E-state index contributed by atoms with van der Waals surface area (Å²) in [5, 5.41) is 3.54. The first kappa shape index (κ1) is 21.9. The molecule has 2 N–H and O–H groups in total. The predicted molar refractivity (Wildman–Crippen MR) is 123 cm³/mol. The van der Waals surface area contributed by atoms with E-state index < -0.39 is 0 Å². The van der Waals surface area contributed by atoms with Crippen molar-refractivity contribution in [3.05, 3.63) is 74.8 Å². The van der Waals surface area contributed by atoms with Gasteiger partial charge in [0.2, 0.25) is 5.91 Å². The first-order chi connectivity index (χ1) is 14.5. The second-order valence-electron chi connectivity index (χ2n) is 7.19. The molecule has 30 heavy (non-hydrogen) atoms. The van der Waals surface area contributed by atoms with Crippen LogP contribution in [0.5, 0.6) is 0 Å². The minimum absolute atomic E-state index is 0.109. The van der Waals surface area contributed by atoms with Crippen molar-refractivity contribution >= 4 is 29.0 Å². The van der Waals surface area contributed by atoms with Crippen molar-refractivity contribution in [3.63, 3.8) is 0 Å². The van der Waals surface area contributed by atoms with Gasteiger partial charge < -0.3 is 10.3 Å². The second kappa shape index (κ2) is 10.3. The predicted octanol–water partition coefficient (Wildman–Crippen LogP) is 3.61. The molecule has 1 amide bonds. The van der Waals surface area contributed by atoms with Crippen molar-refractivity contribution in [2.45, 2.75) is 39.9 Å². The van der Waals surface area contributed by atoms with E-state index in [1.807, 2.05) is 36.4 Å². The van der Waals surface area contributed by atoms with Crippen molar-refractivity contribution < 1.29 is 4.79 Å². The summed E-state index contributed by atoms with van der Waals surface area (Å²) in [6.45, 7) is 7.83. The molecule has 0 aliphatic rings. The quantitative estimate of drug-likeness (QED) is 0.515. The monoisotopic (exact) mass is 424 g/mol. The number of nitrogens with zero attached hydrogens (tertiary/aromatic N) is 2. The van der Waals surface area contributed by atoms with Crippen molar-refractivity contribution in [2.75, 3.05) is 13.1 Å². The highest BCUT2D eigenvalue weighted by Crippen LogP contribution is 2.12. The number of H-pyrrole nitrogens is 1. The van der Waals surface area contributed by atoms with E-state index in [4.69, 9.17) is 12.2 Å². The Balaban J connectivity index is 1.64. The summed E-state index contributed by atoms with van der Waals surface area (Å²) in [5.41, 5.74) is 2.86. The molecule has 0 spiro atoms. The molecule has 0 atom stereocenters. The minimum Gasteiger partial charge on any atom is -0.352 e. The van der Waals surface area contributed by atoms with E-state index in [0.717, 1.165) is 25.2 Å². The lowest BCUT2D eigenvalue weighted by Crippen LogP contribution is -2.29. The Bertz CT molecular complexity index is 1130. The maximum Gasteiger partial charge on any atom is 0.262 e. The number of nitrogens with one attached hydrogen (secondary N) is 2. The molecule has 0 unspecified atom stereocenters. The Kier molecular flexibility index (Phi) is 7.54. The van der Waals surface area contributed by atoms with Gasteiger partial charge in [-0.2, -0.15) is 0 Å². The van der Waals surface area contributed by atoms with E-state index in [1.165, 1.54) is 10.1 Å². The molecule has 0 bridgehead atoms. The van der Waals surface area contributed by atoms with Gasteiger partial charge in [-0.3, -0.25) is 19.1 Å². The van der Waals surface area contributed by atoms with Gasteiger partial charge in [0.05, 0.1) is 10.9 Å². The van der Waals surface area contributed by atoms with E-state index >= 15 is 0 Å². The number of fused-ring (bicyclic) bond motifs is 1. The van der Waals surface area contributed by atoms with Crippen LogP contribution in [0.25, 0.3) is 10.9 Å². The van der Waals surface area contributed by atoms with Crippen LogP contribution in [0.4, 0.5) is 0 Å². The highest BCUT2D eigenvalue weighted by molar-refractivity contribution is 7.71. The summed E-state index contributed by atoms with van der Waals surface area (Å²) in [4.78, 5) is 30.5. The van der Waals surface area contributed by atoms with Crippen LogP contribution in [0.1, 0.15) is 31.4 Å². The molecule has 1 heterocycles. The van der Waals surface area contributed by atoms with E-state index in [1.54, 1.807) is 6.07 Å². The van der Waals surface area contributed by atoms with Crippen LogP contribution in [0.15, 0.2) is 53.3 Å². The fourth-order valence-electron chi connectivity index (χ4n) is 3.47. The fourth-order valence-corrected chi connectivity index (χ4v) is 3.75. The number of para-hydroxylation sites is 1. The summed E-state index contributed by atoms with van der Waals surface area (Å²) in [6.07, 6.45) is 0.188. The molecule has 3 aromatic rings. The third kappa shape index (κ3) is 5.23. The molecule has 7 heteroatoms. The number of hydrogen-bond acceptors (Lipinski definition) is 4. The summed E-state index contributed by atoms with van der Waals surface area (Å²) >= 11 is 5.31. The Morgan fingerprint density at radius 2 is 1.73 bits per heavy atom. The molecule has 0 aliphatic carbocycles. The van der Waals surface area contributed by atoms with Crippen molar-refractivity contribution in [2.24, 2.45) is 0 Å². The van der Waals surface area contributed by atoms with Crippen LogP contribution in [-0.4, -0.2) is 33.4 Å². The van der Waals surface area contributed by atoms with Gasteiger partial charge in [-0.25, -0.2) is 0 Å². The number of benzene rings is 2. The van der Waals surface area contributed by atoms with Gasteiger partial charge in [-0.05, 0) is 48.6 Å². The molecule has 158 valence electrons. The summed E-state index contributed by atoms with van der Waals surface area (Å²) in [7, 11) is 0. The normalized spacial score (nSPS) is 11.2. The molecule has 2 aromatic carbocycles. The maximum absolute atomic E-state index is 12.7. The number of rotatable bonds is 9. The van der Waals surface area contributed by atoms with Crippen LogP contribution in [-0.2, 0) is 24.4 Å². The highest BCUT2D eigenvalue weighted by atomic mass is 32.1. The van der Waals surface area contributed by atoms with Crippen LogP contribution >= 0.6 is 12.2 Å². The number of aromatic amines is 1. The van der Waals surface area contributed by atoms with Gasteiger partial charge in [0.1, 0.15) is 0 Å². The van der Waals surface area contributed by atoms with Gasteiger partial charge in [0.25, 0.3) is 5.56 Å². The zero-order valence-corrected chi connectivity index (χ0v) is 18.3. The fraction of sp³-hybridized carbons (Fsp3) is 0.348. The molecule has 6 nitrogen and oxygen atoms in total. The molecule has 0 aliphatic heterocycles. The van der Waals surface area contributed by atoms with E-state index in [0.29, 0.717) is 22.2 Å². The number of carbonyl (C=O) groups is 1. The lowest BCUT2D eigenvalue weighted by atomic mass is 10.1. The molecule has 0 saturated carbocycles. The average molecular weight is 425 g/mol. The maximum atomic E-state index is 12.7. The van der Waals surface area contributed by atoms with E-state index in [2.05, 4.69) is 35.1 Å². The summed E-state index contributed by atoms with van der Waals surface area (Å²) in [6, 6.07) is 15.4. The van der Waals surface area contributed by atoms with Gasteiger partial charge in [0, 0.05) is 26.1 Å². The molecule has 3 rings (SSSR count). The van der Waals surface area contributed by atoms with Crippen molar-refractivity contribution in [3.8, 4) is 0 Å². The van der Waals surface area contributed by atoms with Crippen LogP contribution in [0.3, 0.4) is 0 Å². The number of hydrogen-bond donors (Lipinski definition) is 2. The third-order valence-corrected chi connectivity index (χ3v) is 5.66. The first-order valence-electron chi connectivity index (χ1n) is 10.3. The summed E-state index contributed by atoms with van der Waals surface area (Å²) < 4.78 is 1.78. The average Bonchev–Trinajstić information content (AvgIpc) is 2.76. The number of carbonyl (C=O) groups excluding carboxylic acids is 1. The zero-order valence-electron chi connectivity index (χ0n) is 17.5. The van der Waals surface area contributed by atoms with Gasteiger partial charge in [-0.1, -0.05) is 50.2 Å². The topological polar surface area (TPSA) is 70.1 Å². The minimum atomic E-state index is -0.174. The summed E-state index contributed by atoms with van der Waals surface area (Å²) in [5.74, 6) is -0.109. The van der Waals surface area contributed by atoms with Crippen molar-refractivity contribution in [1.29, 1.82) is 0 Å². The first-order valence-corrected chi connectivity index (χ1v) is 10.7. The van der Waals surface area contributed by atoms with E-state index in [-0.39, 0.29) is 24.4 Å². The Morgan fingerprint density at radius 3 is 2.47 bits per heavy atom. The molecule has 0 radical (unpaired) electrons. The van der Waals surface area contributed by atoms with Crippen molar-refractivity contribution in [1.82, 2.24) is 19.8 Å². The lowest BCUT2D eigenvalue weighted by molar-refractivity contribution is -0.121. The standard InChI is InChI=1S/C23H28N4O2S/c1-3-26(4-2)16-18-10-6-5-9-17(18)15-24-21(28)13-14-27-22(29)19-11-7-8-12-20(19)25-23(27)30/h5-12H,3-4,13-16H2,1-2H3,(H,24,28)(H,25,30). The molecule has 1 aromatic heterocycles. The molecular weight excluding hydrogens is 396 g/mol. The highest BCUT2D eigenvalue weighted by Gasteiger charge is 2.10. The lowest BCUT2D eigenvalue weighted by Gasteiger charge is -2.20. The Labute approximate surface area is 181 Å². The van der Waals surface area contributed by atoms with Crippen LogP contribution in [0.2, 0.25) is 0 Å². The zero-order chi connectivity index (χ0) is 21.5.